The first-order chi connectivity index (χ1) is 10.6. The van der Waals surface area contributed by atoms with Crippen LogP contribution in [-0.4, -0.2) is 16.9 Å². The van der Waals surface area contributed by atoms with E-state index in [-0.39, 0.29) is 16.9 Å². The van der Waals surface area contributed by atoms with E-state index in [1.807, 2.05) is 43.3 Å². The summed E-state index contributed by atoms with van der Waals surface area (Å²) in [5.41, 5.74) is 1.74. The number of carboxylic acid groups (broad SMARTS) is 1. The first kappa shape index (κ1) is 14.0. The summed E-state index contributed by atoms with van der Waals surface area (Å²) in [5, 5.41) is 11.1. The van der Waals surface area contributed by atoms with E-state index < -0.39 is 5.97 Å². The minimum Gasteiger partial charge on any atom is -0.478 e. The van der Waals surface area contributed by atoms with Gasteiger partial charge in [0.05, 0.1) is 5.56 Å². The van der Waals surface area contributed by atoms with Gasteiger partial charge in [0, 0.05) is 11.1 Å². The number of aromatic carboxylic acids is 1. The molecule has 0 saturated heterocycles. The van der Waals surface area contributed by atoms with E-state index in [2.05, 4.69) is 0 Å². The average molecular weight is 290 g/mol. The van der Waals surface area contributed by atoms with Gasteiger partial charge in [-0.2, -0.15) is 0 Å². The van der Waals surface area contributed by atoms with Gasteiger partial charge in [-0.3, -0.25) is 4.79 Å². The van der Waals surface area contributed by atoms with Crippen LogP contribution in [0.15, 0.2) is 60.7 Å². The van der Waals surface area contributed by atoms with E-state index in [9.17, 15) is 14.7 Å². The zero-order chi connectivity index (χ0) is 15.7. The number of carboxylic acids is 1. The summed E-state index contributed by atoms with van der Waals surface area (Å²) in [6.07, 6.45) is 0. The third-order valence-electron chi connectivity index (χ3n) is 3.65. The van der Waals surface area contributed by atoms with Gasteiger partial charge >= 0.3 is 5.97 Å². The van der Waals surface area contributed by atoms with Crippen LogP contribution < -0.4 is 0 Å². The second-order valence-corrected chi connectivity index (χ2v) is 5.21. The van der Waals surface area contributed by atoms with Crippen LogP contribution in [0.25, 0.3) is 10.8 Å². The van der Waals surface area contributed by atoms with Gasteiger partial charge in [0.25, 0.3) is 0 Å². The van der Waals surface area contributed by atoms with E-state index in [4.69, 9.17) is 0 Å². The van der Waals surface area contributed by atoms with Crippen LogP contribution in [0.1, 0.15) is 31.8 Å². The van der Waals surface area contributed by atoms with E-state index in [1.165, 1.54) is 6.07 Å². The van der Waals surface area contributed by atoms with E-state index in [0.717, 1.165) is 16.3 Å². The second-order valence-electron chi connectivity index (χ2n) is 5.21. The molecule has 0 heterocycles. The lowest BCUT2D eigenvalue weighted by molar-refractivity contribution is 0.0693. The number of hydrogen-bond donors (Lipinski definition) is 1. The maximum absolute atomic E-state index is 12.9. The Morgan fingerprint density at radius 2 is 1.45 bits per heavy atom. The average Bonchev–Trinajstić information content (AvgIpc) is 2.53. The van der Waals surface area contributed by atoms with Gasteiger partial charge in [-0.15, -0.1) is 0 Å². The molecule has 22 heavy (non-hydrogen) atoms. The number of ketones is 1. The Labute approximate surface area is 127 Å². The molecule has 3 aromatic carbocycles. The van der Waals surface area contributed by atoms with Crippen LogP contribution in [0.5, 0.6) is 0 Å². The van der Waals surface area contributed by atoms with E-state index in [0.29, 0.717) is 5.56 Å². The molecule has 0 saturated carbocycles. The summed E-state index contributed by atoms with van der Waals surface area (Å²) >= 11 is 0. The SMILES string of the molecule is Cc1cc(C(=O)c2ccccc2C(=O)O)c2ccccc2c1. The van der Waals surface area contributed by atoms with Crippen molar-refractivity contribution < 1.29 is 14.7 Å². The lowest BCUT2D eigenvalue weighted by Gasteiger charge is -2.09. The third kappa shape index (κ3) is 2.37. The molecule has 0 atom stereocenters. The van der Waals surface area contributed by atoms with Gasteiger partial charge in [-0.1, -0.05) is 48.5 Å². The fourth-order valence-electron chi connectivity index (χ4n) is 2.66. The van der Waals surface area contributed by atoms with Crippen LogP contribution in [0.2, 0.25) is 0 Å². The molecule has 3 aromatic rings. The number of carbonyl (C=O) groups is 2. The first-order valence-corrected chi connectivity index (χ1v) is 6.94. The van der Waals surface area contributed by atoms with Crippen molar-refractivity contribution in [3.63, 3.8) is 0 Å². The van der Waals surface area contributed by atoms with Crippen LogP contribution in [-0.2, 0) is 0 Å². The number of benzene rings is 3. The molecule has 0 aromatic heterocycles. The topological polar surface area (TPSA) is 54.4 Å². The lowest BCUT2D eigenvalue weighted by atomic mass is 9.93. The highest BCUT2D eigenvalue weighted by molar-refractivity contribution is 6.19. The van der Waals surface area contributed by atoms with Crippen LogP contribution >= 0.6 is 0 Å². The Kier molecular flexibility index (Phi) is 3.47. The monoisotopic (exact) mass is 290 g/mol. The molecule has 0 spiro atoms. The predicted octanol–water partition coefficient (Wildman–Crippen LogP) is 4.08. The number of rotatable bonds is 3. The molecule has 1 N–H and O–H groups in total. The molecule has 0 aliphatic carbocycles. The van der Waals surface area contributed by atoms with Crippen molar-refractivity contribution in [1.82, 2.24) is 0 Å². The maximum Gasteiger partial charge on any atom is 0.336 e. The molecular formula is C19H14O3. The molecule has 0 aliphatic rings. The van der Waals surface area contributed by atoms with E-state index in [1.54, 1.807) is 18.2 Å². The zero-order valence-electron chi connectivity index (χ0n) is 12.0. The Morgan fingerprint density at radius 3 is 2.18 bits per heavy atom. The minimum absolute atomic E-state index is 0.0260. The summed E-state index contributed by atoms with van der Waals surface area (Å²) in [5.74, 6) is -1.36. The molecule has 3 heteroatoms. The third-order valence-corrected chi connectivity index (χ3v) is 3.65. The van der Waals surface area contributed by atoms with Crippen molar-refractivity contribution in [2.45, 2.75) is 6.92 Å². The van der Waals surface area contributed by atoms with Crippen LogP contribution in [0.3, 0.4) is 0 Å². The fourth-order valence-corrected chi connectivity index (χ4v) is 2.66. The standard InChI is InChI=1S/C19H14O3/c1-12-10-13-6-2-3-7-14(13)17(11-12)18(20)15-8-4-5-9-16(15)19(21)22/h2-11H,1H3,(H,21,22). The van der Waals surface area contributed by atoms with Crippen molar-refractivity contribution in [2.75, 3.05) is 0 Å². The van der Waals surface area contributed by atoms with Gasteiger partial charge in [0.1, 0.15) is 0 Å². The van der Waals surface area contributed by atoms with Gasteiger partial charge in [0.15, 0.2) is 5.78 Å². The number of hydrogen-bond acceptors (Lipinski definition) is 2. The summed E-state index contributed by atoms with van der Waals surface area (Å²) < 4.78 is 0. The molecule has 0 bridgehead atoms. The second kappa shape index (κ2) is 5.45. The maximum atomic E-state index is 12.9. The molecule has 3 nitrogen and oxygen atoms in total. The number of aryl methyl sites for hydroxylation is 1. The number of fused-ring (bicyclic) bond motifs is 1. The van der Waals surface area contributed by atoms with E-state index >= 15 is 0 Å². The fraction of sp³-hybridized carbons (Fsp3) is 0.0526. The van der Waals surface area contributed by atoms with Crippen molar-refractivity contribution in [1.29, 1.82) is 0 Å². The van der Waals surface area contributed by atoms with Gasteiger partial charge in [-0.05, 0) is 35.4 Å². The Morgan fingerprint density at radius 1 is 0.818 bits per heavy atom. The summed E-state index contributed by atoms with van der Waals surface area (Å²) in [6.45, 7) is 1.92. The largest absolute Gasteiger partial charge is 0.478 e. The summed E-state index contributed by atoms with van der Waals surface area (Å²) in [7, 11) is 0. The Hall–Kier alpha value is -2.94. The Balaban J connectivity index is 2.24. The molecule has 0 radical (unpaired) electrons. The van der Waals surface area contributed by atoms with Gasteiger partial charge in [0.2, 0.25) is 0 Å². The van der Waals surface area contributed by atoms with Gasteiger partial charge in [-0.25, -0.2) is 4.79 Å². The number of carbonyl (C=O) groups excluding carboxylic acids is 1. The predicted molar refractivity (Wildman–Crippen MR) is 85.5 cm³/mol. The molecule has 0 aliphatic heterocycles. The molecule has 3 rings (SSSR count). The zero-order valence-corrected chi connectivity index (χ0v) is 12.0. The normalized spacial score (nSPS) is 10.6. The van der Waals surface area contributed by atoms with Gasteiger partial charge < -0.3 is 5.11 Å². The molecule has 0 amide bonds. The highest BCUT2D eigenvalue weighted by Crippen LogP contribution is 2.24. The van der Waals surface area contributed by atoms with Crippen molar-refractivity contribution in [2.24, 2.45) is 0 Å². The summed E-state index contributed by atoms with van der Waals surface area (Å²) in [6, 6.07) is 17.7. The molecule has 0 fully saturated rings. The smallest absolute Gasteiger partial charge is 0.336 e. The minimum atomic E-state index is -1.10. The lowest BCUT2D eigenvalue weighted by Crippen LogP contribution is -2.10. The highest BCUT2D eigenvalue weighted by atomic mass is 16.4. The van der Waals surface area contributed by atoms with Crippen LogP contribution in [0.4, 0.5) is 0 Å². The highest BCUT2D eigenvalue weighted by Gasteiger charge is 2.19. The first-order valence-electron chi connectivity index (χ1n) is 6.94. The molecule has 0 unspecified atom stereocenters. The quantitative estimate of drug-likeness (QED) is 0.739. The van der Waals surface area contributed by atoms with Crippen molar-refractivity contribution >= 4 is 22.5 Å². The van der Waals surface area contributed by atoms with Crippen molar-refractivity contribution in [3.05, 3.63) is 82.9 Å². The molecule has 108 valence electrons. The van der Waals surface area contributed by atoms with Crippen molar-refractivity contribution in [3.8, 4) is 0 Å². The van der Waals surface area contributed by atoms with Crippen LogP contribution in [0, 0.1) is 6.92 Å². The molecular weight excluding hydrogens is 276 g/mol. The Bertz CT molecular complexity index is 894. The summed E-state index contributed by atoms with van der Waals surface area (Å²) in [4.78, 5) is 24.2.